The van der Waals surface area contributed by atoms with Crippen molar-refractivity contribution in [2.24, 2.45) is 23.7 Å². The van der Waals surface area contributed by atoms with Gasteiger partial charge >= 0.3 is 0 Å². The van der Waals surface area contributed by atoms with Crippen LogP contribution in [0.5, 0.6) is 0 Å². The second-order valence-corrected chi connectivity index (χ2v) is 6.43. The van der Waals surface area contributed by atoms with Gasteiger partial charge < -0.3 is 4.57 Å². The molecule has 94 valence electrons. The summed E-state index contributed by atoms with van der Waals surface area (Å²) in [5.41, 5.74) is 0. The molecule has 2 aliphatic carbocycles. The van der Waals surface area contributed by atoms with Gasteiger partial charge in [0.2, 0.25) is 0 Å². The zero-order chi connectivity index (χ0) is 11.8. The highest BCUT2D eigenvalue weighted by Gasteiger charge is 2.39. The molecule has 0 N–H and O–H groups in total. The quantitative estimate of drug-likeness (QED) is 0.800. The van der Waals surface area contributed by atoms with Gasteiger partial charge in [0.25, 0.3) is 0 Å². The molecule has 3 atom stereocenters. The molecule has 0 radical (unpaired) electrons. The SMILES string of the molecule is CC(C)Cn1cnnc1CC1CC2CCC1C2. The van der Waals surface area contributed by atoms with Crippen LogP contribution in [0.2, 0.25) is 0 Å². The summed E-state index contributed by atoms with van der Waals surface area (Å²) in [6, 6.07) is 0. The average molecular weight is 233 g/mol. The Balaban J connectivity index is 1.67. The lowest BCUT2D eigenvalue weighted by Gasteiger charge is -2.21. The van der Waals surface area contributed by atoms with E-state index in [0.29, 0.717) is 5.92 Å². The molecule has 0 saturated heterocycles. The summed E-state index contributed by atoms with van der Waals surface area (Å²) in [6.07, 6.45) is 8.95. The maximum Gasteiger partial charge on any atom is 0.133 e. The zero-order valence-electron chi connectivity index (χ0n) is 11.0. The van der Waals surface area contributed by atoms with Crippen LogP contribution in [0.4, 0.5) is 0 Å². The first-order valence-electron chi connectivity index (χ1n) is 7.09. The minimum absolute atomic E-state index is 0.671. The van der Waals surface area contributed by atoms with Crippen LogP contribution in [0.25, 0.3) is 0 Å². The summed E-state index contributed by atoms with van der Waals surface area (Å²) in [5, 5.41) is 8.42. The van der Waals surface area contributed by atoms with Crippen LogP contribution in [0, 0.1) is 23.7 Å². The molecule has 2 saturated carbocycles. The van der Waals surface area contributed by atoms with Crippen molar-refractivity contribution in [1.29, 1.82) is 0 Å². The third-order valence-corrected chi connectivity index (χ3v) is 4.59. The standard InChI is InChI=1S/C14H23N3/c1-10(2)8-17-9-15-16-14(17)7-13-6-11-3-4-12(13)5-11/h9-13H,3-8H2,1-2H3. The van der Waals surface area contributed by atoms with Crippen LogP contribution < -0.4 is 0 Å². The second-order valence-electron chi connectivity index (χ2n) is 6.43. The fourth-order valence-corrected chi connectivity index (χ4v) is 3.84. The Morgan fingerprint density at radius 1 is 1.35 bits per heavy atom. The fraction of sp³-hybridized carbons (Fsp3) is 0.857. The van der Waals surface area contributed by atoms with Gasteiger partial charge in [-0.2, -0.15) is 0 Å². The van der Waals surface area contributed by atoms with Gasteiger partial charge in [-0.3, -0.25) is 0 Å². The number of hydrogen-bond donors (Lipinski definition) is 0. The van der Waals surface area contributed by atoms with Crippen LogP contribution in [0.15, 0.2) is 6.33 Å². The van der Waals surface area contributed by atoms with Crippen molar-refractivity contribution in [2.45, 2.75) is 52.5 Å². The van der Waals surface area contributed by atoms with Crippen molar-refractivity contribution < 1.29 is 0 Å². The predicted molar refractivity (Wildman–Crippen MR) is 67.5 cm³/mol. The van der Waals surface area contributed by atoms with E-state index in [9.17, 15) is 0 Å². The molecule has 0 aliphatic heterocycles. The van der Waals surface area contributed by atoms with E-state index >= 15 is 0 Å². The van der Waals surface area contributed by atoms with Crippen LogP contribution in [0.1, 0.15) is 45.4 Å². The first-order valence-corrected chi connectivity index (χ1v) is 7.09. The Morgan fingerprint density at radius 2 is 2.24 bits per heavy atom. The molecule has 1 aromatic rings. The van der Waals surface area contributed by atoms with E-state index in [1.165, 1.54) is 31.5 Å². The van der Waals surface area contributed by atoms with Gasteiger partial charge in [0.1, 0.15) is 12.2 Å². The van der Waals surface area contributed by atoms with Crippen LogP contribution in [0.3, 0.4) is 0 Å². The lowest BCUT2D eigenvalue weighted by Crippen LogP contribution is -2.17. The Kier molecular flexibility index (Phi) is 2.93. The summed E-state index contributed by atoms with van der Waals surface area (Å²) in [6.45, 7) is 5.56. The summed E-state index contributed by atoms with van der Waals surface area (Å²) < 4.78 is 2.26. The van der Waals surface area contributed by atoms with Gasteiger partial charge in [-0.05, 0) is 42.9 Å². The van der Waals surface area contributed by atoms with E-state index in [-0.39, 0.29) is 0 Å². The molecule has 2 fully saturated rings. The van der Waals surface area contributed by atoms with Crippen molar-refractivity contribution in [3.63, 3.8) is 0 Å². The van der Waals surface area contributed by atoms with Gasteiger partial charge in [0.15, 0.2) is 0 Å². The molecular weight excluding hydrogens is 210 g/mol. The van der Waals surface area contributed by atoms with Crippen molar-refractivity contribution >= 4 is 0 Å². The Hall–Kier alpha value is -0.860. The zero-order valence-corrected chi connectivity index (χ0v) is 11.0. The largest absolute Gasteiger partial charge is 0.317 e. The van der Waals surface area contributed by atoms with Gasteiger partial charge in [0.05, 0.1) is 0 Å². The lowest BCUT2D eigenvalue weighted by molar-refractivity contribution is 0.321. The topological polar surface area (TPSA) is 30.7 Å². The van der Waals surface area contributed by atoms with Crippen molar-refractivity contribution in [2.75, 3.05) is 0 Å². The van der Waals surface area contributed by atoms with E-state index in [4.69, 9.17) is 0 Å². The van der Waals surface area contributed by atoms with E-state index < -0.39 is 0 Å². The first kappa shape index (κ1) is 11.2. The Morgan fingerprint density at radius 3 is 2.88 bits per heavy atom. The molecule has 0 spiro atoms. The Bertz CT molecular complexity index is 383. The molecule has 2 aliphatic rings. The van der Waals surface area contributed by atoms with Crippen molar-refractivity contribution in [3.05, 3.63) is 12.2 Å². The summed E-state index contributed by atoms with van der Waals surface area (Å²) in [7, 11) is 0. The summed E-state index contributed by atoms with van der Waals surface area (Å²) in [5.74, 6) is 4.81. The van der Waals surface area contributed by atoms with E-state index in [2.05, 4.69) is 28.6 Å². The maximum absolute atomic E-state index is 4.33. The highest BCUT2D eigenvalue weighted by molar-refractivity contribution is 4.97. The number of fused-ring (bicyclic) bond motifs is 2. The third-order valence-electron chi connectivity index (χ3n) is 4.59. The molecule has 17 heavy (non-hydrogen) atoms. The molecule has 1 heterocycles. The molecule has 0 aromatic carbocycles. The molecule has 2 bridgehead atoms. The molecule has 3 heteroatoms. The number of hydrogen-bond acceptors (Lipinski definition) is 2. The number of rotatable bonds is 4. The first-order chi connectivity index (χ1) is 8.22. The lowest BCUT2D eigenvalue weighted by atomic mass is 9.86. The maximum atomic E-state index is 4.33. The van der Waals surface area contributed by atoms with E-state index in [0.717, 1.165) is 30.7 Å². The molecule has 3 unspecified atom stereocenters. The highest BCUT2D eigenvalue weighted by atomic mass is 15.3. The smallest absolute Gasteiger partial charge is 0.133 e. The van der Waals surface area contributed by atoms with Crippen LogP contribution in [-0.4, -0.2) is 14.8 Å². The molecular formula is C14H23N3. The highest BCUT2D eigenvalue weighted by Crippen LogP contribution is 2.49. The van der Waals surface area contributed by atoms with Crippen LogP contribution >= 0.6 is 0 Å². The van der Waals surface area contributed by atoms with Gasteiger partial charge in [0, 0.05) is 13.0 Å². The fourth-order valence-electron chi connectivity index (χ4n) is 3.84. The minimum atomic E-state index is 0.671. The molecule has 3 rings (SSSR count). The van der Waals surface area contributed by atoms with E-state index in [1.807, 2.05) is 6.33 Å². The minimum Gasteiger partial charge on any atom is -0.317 e. The molecule has 3 nitrogen and oxygen atoms in total. The normalized spacial score (nSPS) is 31.6. The average Bonchev–Trinajstić information content (AvgIpc) is 2.95. The van der Waals surface area contributed by atoms with Gasteiger partial charge in [-0.1, -0.05) is 20.3 Å². The Labute approximate surface area is 104 Å². The van der Waals surface area contributed by atoms with Crippen LogP contribution in [-0.2, 0) is 13.0 Å². The van der Waals surface area contributed by atoms with E-state index in [1.54, 1.807) is 0 Å². The summed E-state index contributed by atoms with van der Waals surface area (Å²) >= 11 is 0. The predicted octanol–water partition coefficient (Wildman–Crippen LogP) is 2.91. The number of nitrogens with zero attached hydrogens (tertiary/aromatic N) is 3. The molecule has 1 aromatic heterocycles. The van der Waals surface area contributed by atoms with Gasteiger partial charge in [-0.15, -0.1) is 10.2 Å². The van der Waals surface area contributed by atoms with Crippen molar-refractivity contribution in [1.82, 2.24) is 14.8 Å². The van der Waals surface area contributed by atoms with Gasteiger partial charge in [-0.25, -0.2) is 0 Å². The second kappa shape index (κ2) is 4.43. The third kappa shape index (κ3) is 2.24. The molecule has 0 amide bonds. The number of aromatic nitrogens is 3. The van der Waals surface area contributed by atoms with Crippen molar-refractivity contribution in [3.8, 4) is 0 Å². The summed E-state index contributed by atoms with van der Waals surface area (Å²) in [4.78, 5) is 0. The monoisotopic (exact) mass is 233 g/mol.